The summed E-state index contributed by atoms with van der Waals surface area (Å²) in [6, 6.07) is 7.44. The monoisotopic (exact) mass is 289 g/mol. The van der Waals surface area contributed by atoms with Crippen molar-refractivity contribution >= 4 is 25.8 Å². The largest absolute Gasteiger partial charge is 0.314 e. The van der Waals surface area contributed by atoms with E-state index < -0.39 is 9.84 Å². The predicted molar refractivity (Wildman–Crippen MR) is 63.4 cm³/mol. The SMILES string of the molecule is O=S(=O)(Cc1ccccc1Br)C1CNC1. The number of hydrogen-bond donors (Lipinski definition) is 1. The Morgan fingerprint density at radius 1 is 1.33 bits per heavy atom. The zero-order valence-electron chi connectivity index (χ0n) is 8.11. The summed E-state index contributed by atoms with van der Waals surface area (Å²) >= 11 is 3.36. The van der Waals surface area contributed by atoms with Gasteiger partial charge in [-0.15, -0.1) is 0 Å². The van der Waals surface area contributed by atoms with Crippen LogP contribution >= 0.6 is 15.9 Å². The van der Waals surface area contributed by atoms with Crippen molar-refractivity contribution in [1.82, 2.24) is 5.32 Å². The lowest BCUT2D eigenvalue weighted by Crippen LogP contribution is -2.51. The predicted octanol–water partition coefficient (Wildman–Crippen LogP) is 1.34. The first-order chi connectivity index (χ1) is 7.09. The van der Waals surface area contributed by atoms with Crippen LogP contribution in [-0.4, -0.2) is 26.8 Å². The highest BCUT2D eigenvalue weighted by Gasteiger charge is 2.31. The maximum absolute atomic E-state index is 11.9. The van der Waals surface area contributed by atoms with E-state index in [-0.39, 0.29) is 11.0 Å². The van der Waals surface area contributed by atoms with Gasteiger partial charge in [0.1, 0.15) is 0 Å². The Morgan fingerprint density at radius 3 is 2.53 bits per heavy atom. The van der Waals surface area contributed by atoms with Crippen molar-refractivity contribution in [3.63, 3.8) is 0 Å². The topological polar surface area (TPSA) is 46.2 Å². The fourth-order valence-corrected chi connectivity index (χ4v) is 3.74. The standard InChI is InChI=1S/C10H12BrNO2S/c11-10-4-2-1-3-8(10)7-15(13,14)9-5-12-6-9/h1-4,9,12H,5-7H2. The van der Waals surface area contributed by atoms with Crippen LogP contribution in [0.5, 0.6) is 0 Å². The maximum Gasteiger partial charge on any atom is 0.159 e. The van der Waals surface area contributed by atoms with Crippen LogP contribution in [0.4, 0.5) is 0 Å². The first-order valence-electron chi connectivity index (χ1n) is 4.75. The Bertz CT molecular complexity index is 454. The molecule has 2 rings (SSSR count). The molecule has 0 unspecified atom stereocenters. The van der Waals surface area contributed by atoms with Crippen LogP contribution in [0.25, 0.3) is 0 Å². The fraction of sp³-hybridized carbons (Fsp3) is 0.400. The van der Waals surface area contributed by atoms with Gasteiger partial charge in [-0.25, -0.2) is 8.42 Å². The van der Waals surface area contributed by atoms with Crippen molar-refractivity contribution in [2.75, 3.05) is 13.1 Å². The highest BCUT2D eigenvalue weighted by molar-refractivity contribution is 9.10. The maximum atomic E-state index is 11.9. The molecule has 1 aromatic rings. The summed E-state index contributed by atoms with van der Waals surface area (Å²) in [5, 5.41) is 2.77. The van der Waals surface area contributed by atoms with Gasteiger partial charge in [0.05, 0.1) is 11.0 Å². The molecular weight excluding hydrogens is 278 g/mol. The second kappa shape index (κ2) is 4.23. The molecule has 1 aromatic carbocycles. The minimum atomic E-state index is -2.99. The van der Waals surface area contributed by atoms with Gasteiger partial charge in [-0.1, -0.05) is 34.1 Å². The van der Waals surface area contributed by atoms with E-state index in [1.165, 1.54) is 0 Å². The van der Waals surface area contributed by atoms with Gasteiger partial charge in [0.25, 0.3) is 0 Å². The molecule has 1 N–H and O–H groups in total. The van der Waals surface area contributed by atoms with Gasteiger partial charge in [0.2, 0.25) is 0 Å². The number of benzene rings is 1. The molecule has 1 aliphatic rings. The Balaban J connectivity index is 2.18. The van der Waals surface area contributed by atoms with Crippen LogP contribution in [0.1, 0.15) is 5.56 Å². The summed E-state index contributed by atoms with van der Waals surface area (Å²) in [7, 11) is -2.99. The summed E-state index contributed by atoms with van der Waals surface area (Å²) in [6.07, 6.45) is 0. The smallest absolute Gasteiger partial charge is 0.159 e. The minimum Gasteiger partial charge on any atom is -0.314 e. The van der Waals surface area contributed by atoms with Crippen molar-refractivity contribution in [2.24, 2.45) is 0 Å². The quantitative estimate of drug-likeness (QED) is 0.913. The van der Waals surface area contributed by atoms with Gasteiger partial charge < -0.3 is 5.32 Å². The lowest BCUT2D eigenvalue weighted by molar-refractivity contribution is 0.495. The van der Waals surface area contributed by atoms with Crippen molar-refractivity contribution < 1.29 is 8.42 Å². The second-order valence-corrected chi connectivity index (χ2v) is 6.81. The average molecular weight is 290 g/mol. The van der Waals surface area contributed by atoms with E-state index in [1.807, 2.05) is 24.3 Å². The molecule has 0 saturated carbocycles. The van der Waals surface area contributed by atoms with Crippen molar-refractivity contribution in [3.8, 4) is 0 Å². The number of halogens is 1. The third kappa shape index (κ3) is 2.41. The molecule has 1 aliphatic heterocycles. The molecule has 0 spiro atoms. The zero-order chi connectivity index (χ0) is 10.9. The van der Waals surface area contributed by atoms with Crippen molar-refractivity contribution in [3.05, 3.63) is 34.3 Å². The van der Waals surface area contributed by atoms with E-state index in [1.54, 1.807) is 0 Å². The Labute approximate surface area is 97.9 Å². The highest BCUT2D eigenvalue weighted by atomic mass is 79.9. The third-order valence-electron chi connectivity index (χ3n) is 2.57. The summed E-state index contributed by atoms with van der Waals surface area (Å²) in [5.41, 5.74) is 0.837. The summed E-state index contributed by atoms with van der Waals surface area (Å²) in [6.45, 7) is 1.18. The Morgan fingerprint density at radius 2 is 2.00 bits per heavy atom. The van der Waals surface area contributed by atoms with E-state index in [2.05, 4.69) is 21.2 Å². The molecule has 0 amide bonds. The summed E-state index contributed by atoms with van der Waals surface area (Å²) in [5.74, 6) is 0.126. The molecular formula is C10H12BrNO2S. The molecule has 82 valence electrons. The highest BCUT2D eigenvalue weighted by Crippen LogP contribution is 2.21. The van der Waals surface area contributed by atoms with E-state index in [9.17, 15) is 8.42 Å². The van der Waals surface area contributed by atoms with Gasteiger partial charge in [-0.05, 0) is 11.6 Å². The fourth-order valence-electron chi connectivity index (χ4n) is 1.47. The molecule has 0 atom stereocenters. The molecule has 0 aromatic heterocycles. The first kappa shape index (κ1) is 11.1. The summed E-state index contributed by atoms with van der Waals surface area (Å²) < 4.78 is 24.6. The van der Waals surface area contributed by atoms with Gasteiger partial charge in [-0.3, -0.25) is 0 Å². The Kier molecular flexibility index (Phi) is 3.13. The molecule has 3 nitrogen and oxygen atoms in total. The molecule has 15 heavy (non-hydrogen) atoms. The molecule has 1 heterocycles. The second-order valence-electron chi connectivity index (χ2n) is 3.68. The minimum absolute atomic E-state index is 0.126. The normalized spacial score (nSPS) is 17.4. The lowest BCUT2D eigenvalue weighted by atomic mass is 10.2. The average Bonchev–Trinajstić information content (AvgIpc) is 2.04. The van der Waals surface area contributed by atoms with Gasteiger partial charge in [0, 0.05) is 17.6 Å². The first-order valence-corrected chi connectivity index (χ1v) is 7.26. The lowest BCUT2D eigenvalue weighted by Gasteiger charge is -2.26. The van der Waals surface area contributed by atoms with Gasteiger partial charge in [0.15, 0.2) is 9.84 Å². The van der Waals surface area contributed by atoms with E-state index in [0.29, 0.717) is 13.1 Å². The summed E-state index contributed by atoms with van der Waals surface area (Å²) in [4.78, 5) is 0. The van der Waals surface area contributed by atoms with Crippen molar-refractivity contribution in [1.29, 1.82) is 0 Å². The van der Waals surface area contributed by atoms with Crippen LogP contribution in [0.3, 0.4) is 0 Å². The number of hydrogen-bond acceptors (Lipinski definition) is 3. The van der Waals surface area contributed by atoms with Crippen molar-refractivity contribution in [2.45, 2.75) is 11.0 Å². The van der Waals surface area contributed by atoms with Crippen LogP contribution in [0.15, 0.2) is 28.7 Å². The van der Waals surface area contributed by atoms with E-state index >= 15 is 0 Å². The van der Waals surface area contributed by atoms with E-state index in [0.717, 1.165) is 10.0 Å². The molecule has 0 bridgehead atoms. The number of nitrogens with one attached hydrogen (secondary N) is 1. The molecule has 0 radical (unpaired) electrons. The van der Waals surface area contributed by atoms with Gasteiger partial charge >= 0.3 is 0 Å². The molecule has 5 heteroatoms. The van der Waals surface area contributed by atoms with Crippen LogP contribution in [0, 0.1) is 0 Å². The Hall–Kier alpha value is -0.390. The molecule has 0 aliphatic carbocycles. The third-order valence-corrected chi connectivity index (χ3v) is 5.40. The number of sulfone groups is 1. The zero-order valence-corrected chi connectivity index (χ0v) is 10.5. The van der Waals surface area contributed by atoms with Crippen LogP contribution in [-0.2, 0) is 15.6 Å². The van der Waals surface area contributed by atoms with E-state index in [4.69, 9.17) is 0 Å². The molecule has 1 fully saturated rings. The molecule has 1 saturated heterocycles. The van der Waals surface area contributed by atoms with Crippen LogP contribution in [0.2, 0.25) is 0 Å². The van der Waals surface area contributed by atoms with Gasteiger partial charge in [-0.2, -0.15) is 0 Å². The van der Waals surface area contributed by atoms with Crippen LogP contribution < -0.4 is 5.32 Å². The number of rotatable bonds is 3.